The molecule has 6 nitrogen and oxygen atoms in total. The number of hydrogen-bond donors (Lipinski definition) is 2. The lowest BCUT2D eigenvalue weighted by molar-refractivity contribution is 0.102. The van der Waals surface area contributed by atoms with Gasteiger partial charge in [-0.15, -0.1) is 0 Å². The van der Waals surface area contributed by atoms with E-state index < -0.39 is 6.09 Å². The van der Waals surface area contributed by atoms with Crippen molar-refractivity contribution in [3.63, 3.8) is 0 Å². The molecule has 0 atom stereocenters. The van der Waals surface area contributed by atoms with Gasteiger partial charge in [0.25, 0.3) is 5.91 Å². The smallest absolute Gasteiger partial charge is 0.411 e. The predicted molar refractivity (Wildman–Crippen MR) is 112 cm³/mol. The van der Waals surface area contributed by atoms with Gasteiger partial charge < -0.3 is 14.8 Å². The molecule has 2 amide bonds. The Morgan fingerprint density at radius 1 is 0.900 bits per heavy atom. The SMILES string of the molecule is CCOC(=O)Nc1cccc(C(=O)Nc2cccc(OCc3ccc(F)cc3)c2)c1. The molecular formula is C23H21FN2O4. The van der Waals surface area contributed by atoms with Crippen molar-refractivity contribution >= 4 is 23.4 Å². The number of ether oxygens (including phenoxy) is 2. The number of anilines is 2. The van der Waals surface area contributed by atoms with Crippen LogP contribution in [0.15, 0.2) is 72.8 Å². The maximum absolute atomic E-state index is 13.0. The molecule has 154 valence electrons. The molecule has 0 spiro atoms. The number of rotatable bonds is 7. The lowest BCUT2D eigenvalue weighted by Crippen LogP contribution is -2.15. The molecule has 30 heavy (non-hydrogen) atoms. The third-order valence-corrected chi connectivity index (χ3v) is 4.06. The lowest BCUT2D eigenvalue weighted by Gasteiger charge is -2.10. The number of hydrogen-bond acceptors (Lipinski definition) is 4. The van der Waals surface area contributed by atoms with Crippen molar-refractivity contribution in [3.05, 3.63) is 89.7 Å². The van der Waals surface area contributed by atoms with Gasteiger partial charge >= 0.3 is 6.09 Å². The van der Waals surface area contributed by atoms with Gasteiger partial charge in [0.05, 0.1) is 6.61 Å². The van der Waals surface area contributed by atoms with Gasteiger partial charge in [-0.3, -0.25) is 10.1 Å². The van der Waals surface area contributed by atoms with E-state index in [9.17, 15) is 14.0 Å². The fourth-order valence-corrected chi connectivity index (χ4v) is 2.64. The minimum atomic E-state index is -0.582. The summed E-state index contributed by atoms with van der Waals surface area (Å²) < 4.78 is 23.5. The number of carbonyl (C=O) groups is 2. The van der Waals surface area contributed by atoms with Gasteiger partial charge in [0.1, 0.15) is 18.2 Å². The first-order valence-corrected chi connectivity index (χ1v) is 9.36. The maximum Gasteiger partial charge on any atom is 0.411 e. The monoisotopic (exact) mass is 408 g/mol. The van der Waals surface area contributed by atoms with Gasteiger partial charge in [0.2, 0.25) is 0 Å². The van der Waals surface area contributed by atoms with E-state index in [4.69, 9.17) is 9.47 Å². The summed E-state index contributed by atoms with van der Waals surface area (Å²) in [6.07, 6.45) is -0.582. The lowest BCUT2D eigenvalue weighted by atomic mass is 10.2. The highest BCUT2D eigenvalue weighted by molar-refractivity contribution is 6.05. The van der Waals surface area contributed by atoms with Crippen LogP contribution in [0.1, 0.15) is 22.8 Å². The molecule has 2 N–H and O–H groups in total. The topological polar surface area (TPSA) is 76.7 Å². The number of amides is 2. The summed E-state index contributed by atoms with van der Waals surface area (Å²) >= 11 is 0. The molecule has 0 aliphatic rings. The van der Waals surface area contributed by atoms with Crippen LogP contribution in [0.5, 0.6) is 5.75 Å². The van der Waals surface area contributed by atoms with E-state index in [1.165, 1.54) is 12.1 Å². The van der Waals surface area contributed by atoms with Crippen LogP contribution in [0.4, 0.5) is 20.6 Å². The van der Waals surface area contributed by atoms with Crippen LogP contribution in [-0.4, -0.2) is 18.6 Å². The average Bonchev–Trinajstić information content (AvgIpc) is 2.74. The second-order valence-corrected chi connectivity index (χ2v) is 6.32. The molecule has 0 unspecified atom stereocenters. The number of carbonyl (C=O) groups excluding carboxylic acids is 2. The highest BCUT2D eigenvalue weighted by Crippen LogP contribution is 2.20. The quantitative estimate of drug-likeness (QED) is 0.562. The molecule has 3 rings (SSSR count). The van der Waals surface area contributed by atoms with Crippen LogP contribution in [0, 0.1) is 5.82 Å². The molecule has 3 aromatic carbocycles. The van der Waals surface area contributed by atoms with Crippen molar-refractivity contribution < 1.29 is 23.5 Å². The van der Waals surface area contributed by atoms with Gasteiger partial charge in [-0.05, 0) is 55.0 Å². The van der Waals surface area contributed by atoms with Gasteiger partial charge in [0.15, 0.2) is 0 Å². The zero-order chi connectivity index (χ0) is 21.3. The van der Waals surface area contributed by atoms with E-state index in [0.29, 0.717) is 22.7 Å². The standard InChI is InChI=1S/C23H21FN2O4/c1-2-29-23(28)26-19-6-3-5-17(13-19)22(27)25-20-7-4-8-21(14-20)30-15-16-9-11-18(24)12-10-16/h3-14H,2,15H2,1H3,(H,25,27)(H,26,28). The Kier molecular flexibility index (Phi) is 7.00. The Morgan fingerprint density at radius 3 is 2.33 bits per heavy atom. The van der Waals surface area contributed by atoms with E-state index in [1.54, 1.807) is 67.6 Å². The van der Waals surface area contributed by atoms with E-state index >= 15 is 0 Å². The van der Waals surface area contributed by atoms with Crippen molar-refractivity contribution in [3.8, 4) is 5.75 Å². The molecule has 0 radical (unpaired) electrons. The van der Waals surface area contributed by atoms with Gasteiger partial charge in [0, 0.05) is 23.0 Å². The summed E-state index contributed by atoms with van der Waals surface area (Å²) in [6, 6.07) is 19.5. The summed E-state index contributed by atoms with van der Waals surface area (Å²) in [5.41, 5.74) is 2.22. The molecule has 0 saturated carbocycles. The van der Waals surface area contributed by atoms with Gasteiger partial charge in [-0.1, -0.05) is 24.3 Å². The largest absolute Gasteiger partial charge is 0.489 e. The molecule has 0 heterocycles. The zero-order valence-electron chi connectivity index (χ0n) is 16.4. The van der Waals surface area contributed by atoms with Crippen LogP contribution < -0.4 is 15.4 Å². The molecule has 7 heteroatoms. The predicted octanol–water partition coefficient (Wildman–Crippen LogP) is 5.23. The van der Waals surface area contributed by atoms with Crippen LogP contribution in [0.25, 0.3) is 0 Å². The van der Waals surface area contributed by atoms with Gasteiger partial charge in [-0.25, -0.2) is 9.18 Å². The van der Waals surface area contributed by atoms with Crippen molar-refractivity contribution in [2.75, 3.05) is 17.2 Å². The highest BCUT2D eigenvalue weighted by atomic mass is 19.1. The molecule has 0 saturated heterocycles. The normalized spacial score (nSPS) is 10.2. The fourth-order valence-electron chi connectivity index (χ4n) is 2.64. The van der Waals surface area contributed by atoms with E-state index in [-0.39, 0.29) is 24.9 Å². The Morgan fingerprint density at radius 2 is 1.60 bits per heavy atom. The second-order valence-electron chi connectivity index (χ2n) is 6.32. The fraction of sp³-hybridized carbons (Fsp3) is 0.130. The Hall–Kier alpha value is -3.87. The average molecular weight is 408 g/mol. The Balaban J connectivity index is 1.62. The van der Waals surface area contributed by atoms with Crippen LogP contribution >= 0.6 is 0 Å². The van der Waals surface area contributed by atoms with E-state index in [0.717, 1.165) is 5.56 Å². The van der Waals surface area contributed by atoms with Crippen molar-refractivity contribution in [1.29, 1.82) is 0 Å². The Bertz CT molecular complexity index is 1020. The molecular weight excluding hydrogens is 387 g/mol. The second kappa shape index (κ2) is 10.1. The van der Waals surface area contributed by atoms with Crippen LogP contribution in [0.2, 0.25) is 0 Å². The van der Waals surface area contributed by atoms with Crippen molar-refractivity contribution in [2.24, 2.45) is 0 Å². The summed E-state index contributed by atoms with van der Waals surface area (Å²) in [7, 11) is 0. The van der Waals surface area contributed by atoms with Gasteiger partial charge in [-0.2, -0.15) is 0 Å². The first kappa shape index (κ1) is 20.9. The highest BCUT2D eigenvalue weighted by Gasteiger charge is 2.09. The molecule has 0 aromatic heterocycles. The summed E-state index contributed by atoms with van der Waals surface area (Å²) in [6.45, 7) is 2.24. The summed E-state index contributed by atoms with van der Waals surface area (Å²) in [5.74, 6) is -0.0713. The van der Waals surface area contributed by atoms with Crippen LogP contribution in [0.3, 0.4) is 0 Å². The maximum atomic E-state index is 13.0. The number of benzene rings is 3. The summed E-state index contributed by atoms with van der Waals surface area (Å²) in [5, 5.41) is 5.36. The first-order chi connectivity index (χ1) is 14.5. The molecule has 0 bridgehead atoms. The van der Waals surface area contributed by atoms with Crippen LogP contribution in [-0.2, 0) is 11.3 Å². The number of halogens is 1. The minimum absolute atomic E-state index is 0.256. The van der Waals surface area contributed by atoms with Crippen molar-refractivity contribution in [1.82, 2.24) is 0 Å². The Labute approximate surface area is 173 Å². The zero-order valence-corrected chi connectivity index (χ0v) is 16.4. The third kappa shape index (κ3) is 6.07. The molecule has 0 aliphatic carbocycles. The minimum Gasteiger partial charge on any atom is -0.489 e. The first-order valence-electron chi connectivity index (χ1n) is 9.36. The van der Waals surface area contributed by atoms with Crippen molar-refractivity contribution in [2.45, 2.75) is 13.5 Å². The molecule has 0 fully saturated rings. The van der Waals surface area contributed by atoms with E-state index in [2.05, 4.69) is 10.6 Å². The number of nitrogens with one attached hydrogen (secondary N) is 2. The third-order valence-electron chi connectivity index (χ3n) is 4.06. The molecule has 3 aromatic rings. The van der Waals surface area contributed by atoms with E-state index in [1.807, 2.05) is 0 Å². The summed E-state index contributed by atoms with van der Waals surface area (Å²) in [4.78, 5) is 24.1. The molecule has 0 aliphatic heterocycles.